The van der Waals surface area contributed by atoms with Crippen molar-refractivity contribution in [3.05, 3.63) is 53.7 Å². The zero-order valence-electron chi connectivity index (χ0n) is 18.2. The van der Waals surface area contributed by atoms with Gasteiger partial charge in [0.25, 0.3) is 5.91 Å². The van der Waals surface area contributed by atoms with Crippen molar-refractivity contribution >= 4 is 16.8 Å². The molecule has 4 rings (SSSR count). The van der Waals surface area contributed by atoms with Crippen molar-refractivity contribution in [2.24, 2.45) is 0 Å². The summed E-state index contributed by atoms with van der Waals surface area (Å²) in [5, 5.41) is 0.993. The smallest absolute Gasteiger partial charge is 0.260 e. The number of hydrogen-bond donors (Lipinski definition) is 0. The fraction of sp³-hybridized carbons (Fsp3) is 0.375. The van der Waals surface area contributed by atoms with Crippen molar-refractivity contribution < 1.29 is 23.7 Å². The number of fused-ring (bicyclic) bond motifs is 2. The van der Waals surface area contributed by atoms with Crippen molar-refractivity contribution in [3.8, 4) is 17.2 Å². The second kappa shape index (κ2) is 9.31. The van der Waals surface area contributed by atoms with Gasteiger partial charge in [-0.25, -0.2) is 0 Å². The highest BCUT2D eigenvalue weighted by Crippen LogP contribution is 2.33. The summed E-state index contributed by atoms with van der Waals surface area (Å²) >= 11 is 0. The van der Waals surface area contributed by atoms with Gasteiger partial charge in [0.15, 0.2) is 18.1 Å². The first-order chi connectivity index (χ1) is 15.1. The number of rotatable bonds is 8. The first-order valence-electron chi connectivity index (χ1n) is 10.4. The summed E-state index contributed by atoms with van der Waals surface area (Å²) in [6, 6.07) is 11.9. The van der Waals surface area contributed by atoms with Crippen LogP contribution in [0.3, 0.4) is 0 Å². The molecule has 31 heavy (non-hydrogen) atoms. The van der Waals surface area contributed by atoms with E-state index < -0.39 is 0 Å². The monoisotopic (exact) mass is 424 g/mol. The molecule has 1 amide bonds. The van der Waals surface area contributed by atoms with Gasteiger partial charge >= 0.3 is 0 Å². The van der Waals surface area contributed by atoms with Crippen LogP contribution in [0.15, 0.2) is 42.6 Å². The van der Waals surface area contributed by atoms with Crippen LogP contribution in [-0.2, 0) is 29.0 Å². The number of aromatic nitrogens is 1. The zero-order chi connectivity index (χ0) is 21.8. The number of ether oxygens (including phenoxy) is 4. The van der Waals surface area contributed by atoms with E-state index in [1.807, 2.05) is 47.5 Å². The van der Waals surface area contributed by atoms with Crippen molar-refractivity contribution in [3.63, 3.8) is 0 Å². The Morgan fingerprint density at radius 1 is 1.00 bits per heavy atom. The molecule has 7 nitrogen and oxygen atoms in total. The van der Waals surface area contributed by atoms with Crippen molar-refractivity contribution in [2.45, 2.75) is 19.5 Å². The number of carbonyl (C=O) groups is 1. The summed E-state index contributed by atoms with van der Waals surface area (Å²) < 4.78 is 24.0. The van der Waals surface area contributed by atoms with Gasteiger partial charge in [-0.3, -0.25) is 4.79 Å². The predicted octanol–water partition coefficient (Wildman–Crippen LogP) is 3.27. The molecule has 1 aliphatic heterocycles. The maximum Gasteiger partial charge on any atom is 0.260 e. The third kappa shape index (κ3) is 4.32. The maximum absolute atomic E-state index is 12.9. The Morgan fingerprint density at radius 3 is 2.52 bits per heavy atom. The Morgan fingerprint density at radius 2 is 1.77 bits per heavy atom. The van der Waals surface area contributed by atoms with E-state index in [2.05, 4.69) is 4.57 Å². The summed E-state index contributed by atoms with van der Waals surface area (Å²) in [7, 11) is 4.94. The molecule has 1 aliphatic rings. The van der Waals surface area contributed by atoms with Gasteiger partial charge in [0, 0.05) is 38.3 Å². The number of amides is 1. The number of benzene rings is 2. The maximum atomic E-state index is 12.9. The number of carbonyl (C=O) groups excluding carboxylic acids is 1. The lowest BCUT2D eigenvalue weighted by Crippen LogP contribution is -2.38. The molecular formula is C24H28N2O5. The average molecular weight is 424 g/mol. The van der Waals surface area contributed by atoms with Gasteiger partial charge < -0.3 is 28.4 Å². The molecule has 1 aromatic heterocycles. The fourth-order valence-corrected chi connectivity index (χ4v) is 4.03. The van der Waals surface area contributed by atoms with Crippen LogP contribution < -0.4 is 14.2 Å². The van der Waals surface area contributed by atoms with Gasteiger partial charge in [0.1, 0.15) is 5.75 Å². The first kappa shape index (κ1) is 21.1. The molecule has 0 saturated carbocycles. The van der Waals surface area contributed by atoms with Crippen molar-refractivity contribution in [2.75, 3.05) is 41.1 Å². The molecule has 0 radical (unpaired) electrons. The largest absolute Gasteiger partial charge is 0.493 e. The fourth-order valence-electron chi connectivity index (χ4n) is 4.03. The van der Waals surface area contributed by atoms with Crippen LogP contribution in [0.2, 0.25) is 0 Å². The van der Waals surface area contributed by atoms with E-state index in [1.54, 1.807) is 21.3 Å². The molecule has 2 heterocycles. The molecule has 0 unspecified atom stereocenters. The standard InChI is InChI=1S/C24H28N2O5/c1-28-12-11-25-10-8-19-20(25)5-4-6-21(19)31-16-24(27)26-9-7-17-13-22(29-2)23(30-3)14-18(17)15-26/h4-6,8,10,13-14H,7,9,11-12,15-16H2,1-3H3. The molecule has 164 valence electrons. The minimum atomic E-state index is -0.0312. The SMILES string of the molecule is COCCn1ccc2c(OCC(=O)N3CCc4cc(OC)c(OC)cc4C3)cccc21. The average Bonchev–Trinajstić information content (AvgIpc) is 3.23. The lowest BCUT2D eigenvalue weighted by atomic mass is 9.99. The third-order valence-corrected chi connectivity index (χ3v) is 5.73. The van der Waals surface area contributed by atoms with E-state index in [1.165, 1.54) is 5.56 Å². The minimum absolute atomic E-state index is 0.00495. The lowest BCUT2D eigenvalue weighted by Gasteiger charge is -2.29. The Bertz CT molecular complexity index is 1080. The van der Waals surface area contributed by atoms with Crippen LogP contribution >= 0.6 is 0 Å². The van der Waals surface area contributed by atoms with Gasteiger partial charge in [-0.05, 0) is 47.9 Å². The Hall–Kier alpha value is -3.19. The molecule has 7 heteroatoms. The van der Waals surface area contributed by atoms with Crippen LogP contribution in [0.4, 0.5) is 0 Å². The molecule has 2 aromatic carbocycles. The molecule has 0 aliphatic carbocycles. The van der Waals surface area contributed by atoms with Crippen LogP contribution in [-0.4, -0.2) is 56.5 Å². The highest BCUT2D eigenvalue weighted by atomic mass is 16.5. The van der Waals surface area contributed by atoms with E-state index in [9.17, 15) is 4.79 Å². The van der Waals surface area contributed by atoms with Crippen LogP contribution in [0.1, 0.15) is 11.1 Å². The molecular weight excluding hydrogens is 396 g/mol. The Balaban J connectivity index is 1.44. The molecule has 0 fully saturated rings. The highest BCUT2D eigenvalue weighted by molar-refractivity contribution is 5.87. The number of hydrogen-bond acceptors (Lipinski definition) is 5. The van der Waals surface area contributed by atoms with Gasteiger partial charge in [0.05, 0.1) is 26.3 Å². The molecule has 0 N–H and O–H groups in total. The highest BCUT2D eigenvalue weighted by Gasteiger charge is 2.23. The summed E-state index contributed by atoms with van der Waals surface area (Å²) in [6.45, 7) is 2.60. The Kier molecular flexibility index (Phi) is 6.32. The normalized spacial score (nSPS) is 13.2. The van der Waals surface area contributed by atoms with E-state index in [0.717, 1.165) is 35.2 Å². The van der Waals surface area contributed by atoms with E-state index in [4.69, 9.17) is 18.9 Å². The molecule has 0 atom stereocenters. The van der Waals surface area contributed by atoms with Crippen LogP contribution in [0.25, 0.3) is 10.9 Å². The third-order valence-electron chi connectivity index (χ3n) is 5.73. The molecule has 0 spiro atoms. The van der Waals surface area contributed by atoms with Gasteiger partial charge in [-0.1, -0.05) is 6.07 Å². The van der Waals surface area contributed by atoms with Crippen LogP contribution in [0, 0.1) is 0 Å². The van der Waals surface area contributed by atoms with Gasteiger partial charge in [0.2, 0.25) is 0 Å². The van der Waals surface area contributed by atoms with E-state index >= 15 is 0 Å². The Labute approximate surface area is 182 Å². The van der Waals surface area contributed by atoms with Crippen LogP contribution in [0.5, 0.6) is 17.2 Å². The molecule has 3 aromatic rings. The first-order valence-corrected chi connectivity index (χ1v) is 10.4. The van der Waals surface area contributed by atoms with Crippen molar-refractivity contribution in [1.82, 2.24) is 9.47 Å². The quantitative estimate of drug-likeness (QED) is 0.555. The topological polar surface area (TPSA) is 62.2 Å². The predicted molar refractivity (Wildman–Crippen MR) is 118 cm³/mol. The van der Waals surface area contributed by atoms with E-state index in [0.29, 0.717) is 31.2 Å². The minimum Gasteiger partial charge on any atom is -0.493 e. The van der Waals surface area contributed by atoms with Gasteiger partial charge in [-0.2, -0.15) is 0 Å². The van der Waals surface area contributed by atoms with E-state index in [-0.39, 0.29) is 12.5 Å². The van der Waals surface area contributed by atoms with Crippen molar-refractivity contribution in [1.29, 1.82) is 0 Å². The number of nitrogens with zero attached hydrogens (tertiary/aromatic N) is 2. The lowest BCUT2D eigenvalue weighted by molar-refractivity contribution is -0.134. The summed E-state index contributed by atoms with van der Waals surface area (Å²) in [5.74, 6) is 2.08. The molecule has 0 bridgehead atoms. The summed E-state index contributed by atoms with van der Waals surface area (Å²) in [4.78, 5) is 14.7. The number of methoxy groups -OCH3 is 3. The molecule has 0 saturated heterocycles. The second-order valence-corrected chi connectivity index (χ2v) is 7.52. The van der Waals surface area contributed by atoms with Gasteiger partial charge in [-0.15, -0.1) is 0 Å². The second-order valence-electron chi connectivity index (χ2n) is 7.52. The summed E-state index contributed by atoms with van der Waals surface area (Å²) in [6.07, 6.45) is 2.79. The summed E-state index contributed by atoms with van der Waals surface area (Å²) in [5.41, 5.74) is 3.33. The zero-order valence-corrected chi connectivity index (χ0v) is 18.2.